The van der Waals surface area contributed by atoms with Gasteiger partial charge in [0.25, 0.3) is 0 Å². The lowest BCUT2D eigenvalue weighted by atomic mass is 10.1. The van der Waals surface area contributed by atoms with Crippen LogP contribution in [0, 0.1) is 5.82 Å². The Hall–Kier alpha value is -1.99. The molecule has 0 saturated carbocycles. The summed E-state index contributed by atoms with van der Waals surface area (Å²) in [4.78, 5) is 30.5. The predicted octanol–water partition coefficient (Wildman–Crippen LogP) is 0.761. The van der Waals surface area contributed by atoms with E-state index < -0.39 is 0 Å². The number of hydrogen-bond donors (Lipinski definition) is 0. The van der Waals surface area contributed by atoms with Gasteiger partial charge in [0.1, 0.15) is 5.82 Å². The van der Waals surface area contributed by atoms with Gasteiger partial charge < -0.3 is 14.5 Å². The number of aryl methyl sites for hydroxylation is 1. The minimum Gasteiger partial charge on any atom is -0.379 e. The summed E-state index contributed by atoms with van der Waals surface area (Å²) < 4.78 is 18.9. The van der Waals surface area contributed by atoms with Crippen LogP contribution in [0.4, 0.5) is 4.39 Å². The minimum absolute atomic E-state index is 0.0218. The quantitative estimate of drug-likeness (QED) is 0.775. The molecule has 6 nitrogen and oxygen atoms in total. The Balaban J connectivity index is 1.40. The van der Waals surface area contributed by atoms with Crippen molar-refractivity contribution in [1.29, 1.82) is 0 Å². The van der Waals surface area contributed by atoms with Crippen LogP contribution in [0.1, 0.15) is 12.0 Å². The third-order valence-electron chi connectivity index (χ3n) is 5.01. The molecule has 0 radical (unpaired) electrons. The Kier molecular flexibility index (Phi) is 6.57. The summed E-state index contributed by atoms with van der Waals surface area (Å²) in [6.45, 7) is 5.58. The zero-order valence-electron chi connectivity index (χ0n) is 15.0. The van der Waals surface area contributed by atoms with Crippen LogP contribution < -0.4 is 0 Å². The molecule has 2 heterocycles. The van der Waals surface area contributed by atoms with E-state index >= 15 is 0 Å². The summed E-state index contributed by atoms with van der Waals surface area (Å²) in [6.07, 6.45) is 0.699. The van der Waals surface area contributed by atoms with Crippen LogP contribution in [-0.4, -0.2) is 85.5 Å². The Bertz CT molecular complexity index is 626. The van der Waals surface area contributed by atoms with Crippen LogP contribution in [0.3, 0.4) is 0 Å². The molecule has 0 bridgehead atoms. The second-order valence-corrected chi connectivity index (χ2v) is 6.74. The van der Waals surface area contributed by atoms with Crippen molar-refractivity contribution in [1.82, 2.24) is 14.7 Å². The fourth-order valence-electron chi connectivity index (χ4n) is 3.36. The zero-order valence-corrected chi connectivity index (χ0v) is 15.0. The van der Waals surface area contributed by atoms with E-state index in [1.807, 2.05) is 4.90 Å². The van der Waals surface area contributed by atoms with Crippen LogP contribution in [0.25, 0.3) is 0 Å². The number of carbonyl (C=O) groups excluding carboxylic acids is 2. The first kappa shape index (κ1) is 18.8. The average Bonchev–Trinajstić information content (AvgIpc) is 2.68. The highest BCUT2D eigenvalue weighted by Crippen LogP contribution is 2.11. The first-order chi connectivity index (χ1) is 12.6. The van der Waals surface area contributed by atoms with Gasteiger partial charge in [-0.05, 0) is 18.1 Å². The van der Waals surface area contributed by atoms with E-state index in [1.165, 1.54) is 6.07 Å². The number of halogens is 1. The number of nitrogens with zero attached hydrogens (tertiary/aromatic N) is 3. The van der Waals surface area contributed by atoms with Gasteiger partial charge in [0.2, 0.25) is 11.8 Å². The number of piperazine rings is 1. The molecule has 0 aliphatic carbocycles. The van der Waals surface area contributed by atoms with Gasteiger partial charge in [0.15, 0.2) is 0 Å². The van der Waals surface area contributed by atoms with E-state index in [0.29, 0.717) is 64.3 Å². The van der Waals surface area contributed by atoms with Crippen LogP contribution in [-0.2, 0) is 20.7 Å². The molecule has 142 valence electrons. The molecule has 2 aliphatic heterocycles. The maximum absolute atomic E-state index is 13.6. The molecular weight excluding hydrogens is 337 g/mol. The molecule has 0 unspecified atom stereocenters. The third-order valence-corrected chi connectivity index (χ3v) is 5.01. The largest absolute Gasteiger partial charge is 0.379 e. The van der Waals surface area contributed by atoms with E-state index in [1.54, 1.807) is 23.1 Å². The minimum atomic E-state index is -0.265. The number of rotatable bonds is 5. The van der Waals surface area contributed by atoms with E-state index in [9.17, 15) is 14.0 Å². The molecule has 0 N–H and O–H groups in total. The van der Waals surface area contributed by atoms with Crippen LogP contribution in [0.5, 0.6) is 0 Å². The topological polar surface area (TPSA) is 53.1 Å². The standard InChI is InChI=1S/C19H26FN3O3/c20-17-4-2-1-3-16(17)5-6-18(24)22-7-9-23(10-8-22)19(25)15-21-11-13-26-14-12-21/h1-4H,5-15H2. The first-order valence-corrected chi connectivity index (χ1v) is 9.22. The van der Waals surface area contributed by atoms with E-state index in [2.05, 4.69) is 4.90 Å². The molecule has 26 heavy (non-hydrogen) atoms. The van der Waals surface area contributed by atoms with Crippen molar-refractivity contribution in [3.8, 4) is 0 Å². The zero-order chi connectivity index (χ0) is 18.4. The lowest BCUT2D eigenvalue weighted by Gasteiger charge is -2.36. The SMILES string of the molecule is O=C(CCc1ccccc1F)N1CCN(C(=O)CN2CCOCC2)CC1. The summed E-state index contributed by atoms with van der Waals surface area (Å²) >= 11 is 0. The van der Waals surface area contributed by atoms with Gasteiger partial charge in [0, 0.05) is 45.7 Å². The van der Waals surface area contributed by atoms with Crippen molar-refractivity contribution >= 4 is 11.8 Å². The number of benzene rings is 1. The molecule has 2 saturated heterocycles. The molecule has 1 aromatic carbocycles. The van der Waals surface area contributed by atoms with Crippen molar-refractivity contribution in [2.75, 3.05) is 59.0 Å². The third kappa shape index (κ3) is 5.02. The number of morpholine rings is 1. The summed E-state index contributed by atoms with van der Waals surface area (Å²) in [5, 5.41) is 0. The number of amides is 2. The van der Waals surface area contributed by atoms with Gasteiger partial charge in [-0.25, -0.2) is 4.39 Å². The van der Waals surface area contributed by atoms with Crippen molar-refractivity contribution in [2.45, 2.75) is 12.8 Å². The molecule has 0 atom stereocenters. The summed E-state index contributed by atoms with van der Waals surface area (Å²) in [5.74, 6) is -0.127. The summed E-state index contributed by atoms with van der Waals surface area (Å²) in [6, 6.07) is 6.55. The Morgan fingerprint density at radius 3 is 2.19 bits per heavy atom. The number of ether oxygens (including phenoxy) is 1. The van der Waals surface area contributed by atoms with Gasteiger partial charge in [0.05, 0.1) is 19.8 Å². The molecular formula is C19H26FN3O3. The smallest absolute Gasteiger partial charge is 0.236 e. The first-order valence-electron chi connectivity index (χ1n) is 9.22. The Morgan fingerprint density at radius 1 is 0.923 bits per heavy atom. The molecule has 7 heteroatoms. The summed E-state index contributed by atoms with van der Waals surface area (Å²) in [7, 11) is 0. The highest BCUT2D eigenvalue weighted by molar-refractivity contribution is 5.79. The molecule has 1 aromatic rings. The fourth-order valence-corrected chi connectivity index (χ4v) is 3.36. The molecule has 0 aromatic heterocycles. The molecule has 2 aliphatic rings. The second-order valence-electron chi connectivity index (χ2n) is 6.74. The lowest BCUT2D eigenvalue weighted by molar-refractivity contribution is -0.140. The van der Waals surface area contributed by atoms with E-state index in [4.69, 9.17) is 4.74 Å². The van der Waals surface area contributed by atoms with Crippen molar-refractivity contribution in [3.05, 3.63) is 35.6 Å². The molecule has 2 amide bonds. The van der Waals surface area contributed by atoms with Crippen molar-refractivity contribution in [2.24, 2.45) is 0 Å². The van der Waals surface area contributed by atoms with Crippen LogP contribution in [0.15, 0.2) is 24.3 Å². The second kappa shape index (κ2) is 9.09. The van der Waals surface area contributed by atoms with Crippen LogP contribution in [0.2, 0.25) is 0 Å². The number of carbonyl (C=O) groups is 2. The number of hydrogen-bond acceptors (Lipinski definition) is 4. The van der Waals surface area contributed by atoms with Crippen LogP contribution >= 0.6 is 0 Å². The van der Waals surface area contributed by atoms with Gasteiger partial charge >= 0.3 is 0 Å². The Morgan fingerprint density at radius 2 is 1.54 bits per heavy atom. The van der Waals surface area contributed by atoms with Gasteiger partial charge in [-0.15, -0.1) is 0 Å². The lowest BCUT2D eigenvalue weighted by Crippen LogP contribution is -2.53. The highest BCUT2D eigenvalue weighted by Gasteiger charge is 2.25. The van der Waals surface area contributed by atoms with Gasteiger partial charge in [-0.1, -0.05) is 18.2 Å². The normalized spacial score (nSPS) is 18.8. The van der Waals surface area contributed by atoms with Crippen molar-refractivity contribution in [3.63, 3.8) is 0 Å². The summed E-state index contributed by atoms with van der Waals surface area (Å²) in [5.41, 5.74) is 0.570. The van der Waals surface area contributed by atoms with E-state index in [-0.39, 0.29) is 17.6 Å². The maximum atomic E-state index is 13.6. The monoisotopic (exact) mass is 363 g/mol. The van der Waals surface area contributed by atoms with E-state index in [0.717, 1.165) is 13.1 Å². The molecule has 2 fully saturated rings. The van der Waals surface area contributed by atoms with Gasteiger partial charge in [-0.2, -0.15) is 0 Å². The van der Waals surface area contributed by atoms with Crippen molar-refractivity contribution < 1.29 is 18.7 Å². The predicted molar refractivity (Wildman–Crippen MR) is 95.1 cm³/mol. The Labute approximate surface area is 153 Å². The molecule has 0 spiro atoms. The maximum Gasteiger partial charge on any atom is 0.236 e. The fraction of sp³-hybridized carbons (Fsp3) is 0.579. The average molecular weight is 363 g/mol. The molecule has 3 rings (SSSR count). The van der Waals surface area contributed by atoms with Gasteiger partial charge in [-0.3, -0.25) is 14.5 Å². The highest BCUT2D eigenvalue weighted by atomic mass is 19.1.